The summed E-state index contributed by atoms with van der Waals surface area (Å²) in [6.07, 6.45) is 6.17. The monoisotopic (exact) mass is 357 g/mol. The van der Waals surface area contributed by atoms with Gasteiger partial charge in [0, 0.05) is 11.2 Å². The third kappa shape index (κ3) is 3.46. The predicted octanol–water partition coefficient (Wildman–Crippen LogP) is 1.60. The quantitative estimate of drug-likeness (QED) is 0.721. The molecule has 0 heterocycles. The lowest BCUT2D eigenvalue weighted by atomic mass is 9.49. The molecular weight excluding hydrogens is 330 g/mol. The molecule has 1 amide bonds. The van der Waals surface area contributed by atoms with Crippen molar-refractivity contribution in [3.8, 4) is 0 Å². The molecule has 7 heteroatoms. The van der Waals surface area contributed by atoms with Gasteiger partial charge in [-0.2, -0.15) is 0 Å². The summed E-state index contributed by atoms with van der Waals surface area (Å²) in [6, 6.07) is -1.12. The second-order valence-corrected chi connectivity index (χ2v) is 10.6. The van der Waals surface area contributed by atoms with Gasteiger partial charge in [0.2, 0.25) is 5.91 Å². The first-order valence-electron chi connectivity index (χ1n) is 8.97. The lowest BCUT2D eigenvalue weighted by Gasteiger charge is -2.55. The maximum absolute atomic E-state index is 12.9. The molecule has 2 N–H and O–H groups in total. The molecule has 136 valence electrons. The fourth-order valence-corrected chi connectivity index (χ4v) is 6.28. The van der Waals surface area contributed by atoms with Crippen molar-refractivity contribution in [1.29, 1.82) is 0 Å². The Bertz CT molecular complexity index is 592. The maximum Gasteiger partial charge on any atom is 0.326 e. The van der Waals surface area contributed by atoms with E-state index in [1.54, 1.807) is 6.92 Å². The molecule has 0 aromatic rings. The molecule has 4 rings (SSSR count). The number of hydrogen-bond acceptors (Lipinski definition) is 4. The van der Waals surface area contributed by atoms with Crippen molar-refractivity contribution in [1.82, 2.24) is 5.32 Å². The van der Waals surface area contributed by atoms with Crippen LogP contribution in [0.25, 0.3) is 0 Å². The van der Waals surface area contributed by atoms with E-state index in [0.29, 0.717) is 17.8 Å². The molecule has 0 radical (unpaired) electrons. The molecule has 0 aromatic carbocycles. The first kappa shape index (κ1) is 17.7. The molecule has 1 atom stereocenters. The van der Waals surface area contributed by atoms with E-state index in [2.05, 4.69) is 5.32 Å². The van der Waals surface area contributed by atoms with Crippen molar-refractivity contribution < 1.29 is 23.1 Å². The fraction of sp³-hybridized carbons (Fsp3) is 0.882. The molecular formula is C17H27NO5S. The molecule has 24 heavy (non-hydrogen) atoms. The first-order chi connectivity index (χ1) is 11.2. The van der Waals surface area contributed by atoms with E-state index in [0.717, 1.165) is 19.3 Å². The highest BCUT2D eigenvalue weighted by atomic mass is 32.2. The highest BCUT2D eigenvalue weighted by Gasteiger charge is 2.54. The Balaban J connectivity index is 1.67. The standard InChI is InChI=1S/C17H27NO5S/c1-2-24(22,23)4-3-14(15(19)20)18-16(21)17-8-11-5-12(9-17)7-13(6-11)10-17/h11-14H,2-10H2,1H3,(H,18,21)(H,19,20). The number of carboxylic acid groups (broad SMARTS) is 1. The van der Waals surface area contributed by atoms with E-state index >= 15 is 0 Å². The smallest absolute Gasteiger partial charge is 0.326 e. The van der Waals surface area contributed by atoms with Crippen molar-refractivity contribution in [3.05, 3.63) is 0 Å². The Morgan fingerprint density at radius 1 is 1.12 bits per heavy atom. The van der Waals surface area contributed by atoms with Gasteiger partial charge in [-0.15, -0.1) is 0 Å². The zero-order valence-electron chi connectivity index (χ0n) is 14.2. The van der Waals surface area contributed by atoms with Gasteiger partial charge in [-0.05, 0) is 62.7 Å². The largest absolute Gasteiger partial charge is 0.480 e. The van der Waals surface area contributed by atoms with Crippen molar-refractivity contribution >= 4 is 21.7 Å². The molecule has 6 nitrogen and oxygen atoms in total. The Morgan fingerprint density at radius 2 is 1.62 bits per heavy atom. The third-order valence-electron chi connectivity index (χ3n) is 6.28. The summed E-state index contributed by atoms with van der Waals surface area (Å²) in [5.41, 5.74) is -0.411. The molecule has 0 spiro atoms. The van der Waals surface area contributed by atoms with E-state index < -0.39 is 27.3 Å². The SMILES string of the molecule is CCS(=O)(=O)CCC(NC(=O)C12CC3CC(CC(C3)C1)C2)C(=O)O. The topological polar surface area (TPSA) is 101 Å². The highest BCUT2D eigenvalue weighted by Crippen LogP contribution is 2.60. The van der Waals surface area contributed by atoms with Gasteiger partial charge < -0.3 is 10.4 Å². The Morgan fingerprint density at radius 3 is 2.04 bits per heavy atom. The normalized spacial score (nSPS) is 35.6. The van der Waals surface area contributed by atoms with Crippen LogP contribution >= 0.6 is 0 Å². The molecule has 0 aliphatic heterocycles. The van der Waals surface area contributed by atoms with Crippen LogP contribution in [0.15, 0.2) is 0 Å². The summed E-state index contributed by atoms with van der Waals surface area (Å²) >= 11 is 0. The Kier molecular flexibility index (Phi) is 4.66. The number of rotatable bonds is 7. The molecule has 0 saturated heterocycles. The van der Waals surface area contributed by atoms with Gasteiger partial charge in [-0.3, -0.25) is 4.79 Å². The second-order valence-electron chi connectivity index (χ2n) is 8.09. The zero-order valence-corrected chi connectivity index (χ0v) is 15.0. The average molecular weight is 357 g/mol. The van der Waals surface area contributed by atoms with Crippen LogP contribution in [0.1, 0.15) is 51.9 Å². The van der Waals surface area contributed by atoms with Crippen LogP contribution in [-0.2, 0) is 19.4 Å². The highest BCUT2D eigenvalue weighted by molar-refractivity contribution is 7.91. The van der Waals surface area contributed by atoms with Crippen LogP contribution in [0.2, 0.25) is 0 Å². The van der Waals surface area contributed by atoms with Gasteiger partial charge in [0.05, 0.1) is 5.75 Å². The minimum Gasteiger partial charge on any atom is -0.480 e. The summed E-state index contributed by atoms with van der Waals surface area (Å²) < 4.78 is 23.3. The number of nitrogens with one attached hydrogen (secondary N) is 1. The van der Waals surface area contributed by atoms with Gasteiger partial charge >= 0.3 is 5.97 Å². The van der Waals surface area contributed by atoms with Gasteiger partial charge in [0.1, 0.15) is 15.9 Å². The average Bonchev–Trinajstić information content (AvgIpc) is 2.49. The number of sulfone groups is 1. The molecule has 4 saturated carbocycles. The van der Waals surface area contributed by atoms with Crippen LogP contribution in [-0.4, -0.2) is 42.9 Å². The summed E-state index contributed by atoms with van der Waals surface area (Å²) in [5.74, 6) is 0.272. The van der Waals surface area contributed by atoms with Crippen molar-refractivity contribution in [3.63, 3.8) is 0 Å². The van der Waals surface area contributed by atoms with Crippen LogP contribution in [0.3, 0.4) is 0 Å². The van der Waals surface area contributed by atoms with Crippen molar-refractivity contribution in [2.75, 3.05) is 11.5 Å². The fourth-order valence-electron chi connectivity index (χ4n) is 5.40. The summed E-state index contributed by atoms with van der Waals surface area (Å²) in [7, 11) is -3.24. The van der Waals surface area contributed by atoms with E-state index in [1.165, 1.54) is 19.3 Å². The molecule has 4 bridgehead atoms. The Hall–Kier alpha value is -1.11. The third-order valence-corrected chi connectivity index (χ3v) is 8.02. The van der Waals surface area contributed by atoms with E-state index in [1.807, 2.05) is 0 Å². The first-order valence-corrected chi connectivity index (χ1v) is 10.8. The number of carbonyl (C=O) groups excluding carboxylic acids is 1. The summed E-state index contributed by atoms with van der Waals surface area (Å²) in [6.45, 7) is 1.54. The number of carbonyl (C=O) groups is 2. The van der Waals surface area contributed by atoms with Crippen LogP contribution in [0.4, 0.5) is 0 Å². The number of hydrogen-bond donors (Lipinski definition) is 2. The molecule has 4 aliphatic rings. The van der Waals surface area contributed by atoms with Crippen molar-refractivity contribution in [2.24, 2.45) is 23.2 Å². The number of aliphatic carboxylic acids is 1. The minimum atomic E-state index is -3.24. The number of carboxylic acids is 1. The second kappa shape index (κ2) is 6.32. The van der Waals surface area contributed by atoms with Crippen LogP contribution in [0, 0.1) is 23.2 Å². The summed E-state index contributed by atoms with van der Waals surface area (Å²) in [4.78, 5) is 24.3. The van der Waals surface area contributed by atoms with E-state index in [9.17, 15) is 23.1 Å². The lowest BCUT2D eigenvalue weighted by Crippen LogP contribution is -2.56. The number of amides is 1. The molecule has 4 aliphatic carbocycles. The Labute approximate surface area is 143 Å². The molecule has 4 fully saturated rings. The van der Waals surface area contributed by atoms with Gasteiger partial charge in [-0.1, -0.05) is 6.92 Å². The molecule has 0 aromatic heterocycles. The molecule has 1 unspecified atom stereocenters. The maximum atomic E-state index is 12.9. The zero-order chi connectivity index (χ0) is 17.5. The lowest BCUT2D eigenvalue weighted by molar-refractivity contribution is -0.151. The van der Waals surface area contributed by atoms with Gasteiger partial charge in [0.15, 0.2) is 0 Å². The van der Waals surface area contributed by atoms with Crippen LogP contribution in [0.5, 0.6) is 0 Å². The summed E-state index contributed by atoms with van der Waals surface area (Å²) in [5, 5.41) is 12.0. The van der Waals surface area contributed by atoms with Crippen molar-refractivity contribution in [2.45, 2.75) is 57.9 Å². The predicted molar refractivity (Wildman–Crippen MR) is 89.1 cm³/mol. The van der Waals surface area contributed by atoms with E-state index in [-0.39, 0.29) is 23.8 Å². The van der Waals surface area contributed by atoms with Crippen LogP contribution < -0.4 is 5.32 Å². The van der Waals surface area contributed by atoms with Gasteiger partial charge in [0.25, 0.3) is 0 Å². The minimum absolute atomic E-state index is 0.0116. The van der Waals surface area contributed by atoms with E-state index in [4.69, 9.17) is 0 Å². The van der Waals surface area contributed by atoms with Gasteiger partial charge in [-0.25, -0.2) is 13.2 Å².